The summed E-state index contributed by atoms with van der Waals surface area (Å²) in [7, 11) is 1.69. The van der Waals surface area contributed by atoms with Gasteiger partial charge in [0.05, 0.1) is 5.56 Å². The number of allylic oxidation sites excluding steroid dienone is 1. The molecule has 0 heterocycles. The third kappa shape index (κ3) is 4.95. The van der Waals surface area contributed by atoms with Crippen LogP contribution < -0.4 is 10.1 Å². The van der Waals surface area contributed by atoms with Crippen LogP contribution in [0.15, 0.2) is 29.8 Å². The summed E-state index contributed by atoms with van der Waals surface area (Å²) in [5.74, 6) is -0.134. The summed E-state index contributed by atoms with van der Waals surface area (Å²) < 4.78 is 44.0. The first kappa shape index (κ1) is 15.6. The van der Waals surface area contributed by atoms with E-state index >= 15 is 0 Å². The van der Waals surface area contributed by atoms with Gasteiger partial charge >= 0.3 is 6.18 Å². The standard InChI is InChI=1S/C14H18F3NO/c1-10(2)6-7-19-13-5-4-11(9-18-3)8-12(13)14(15,16)17/h4-6,8,18H,7,9H2,1-3H3. The third-order valence-electron chi connectivity index (χ3n) is 2.46. The van der Waals surface area contributed by atoms with Crippen LogP contribution in [-0.4, -0.2) is 13.7 Å². The molecule has 2 nitrogen and oxygen atoms in total. The highest BCUT2D eigenvalue weighted by atomic mass is 19.4. The molecule has 0 aromatic heterocycles. The predicted octanol–water partition coefficient (Wildman–Crippen LogP) is 3.77. The maximum absolute atomic E-state index is 12.9. The van der Waals surface area contributed by atoms with Gasteiger partial charge < -0.3 is 10.1 Å². The molecular weight excluding hydrogens is 255 g/mol. The van der Waals surface area contributed by atoms with E-state index < -0.39 is 11.7 Å². The molecule has 5 heteroatoms. The minimum Gasteiger partial charge on any atom is -0.489 e. The van der Waals surface area contributed by atoms with Crippen molar-refractivity contribution in [3.8, 4) is 5.75 Å². The van der Waals surface area contributed by atoms with Crippen molar-refractivity contribution in [3.05, 3.63) is 41.0 Å². The molecule has 0 aliphatic rings. The Morgan fingerprint density at radius 3 is 2.53 bits per heavy atom. The number of rotatable bonds is 5. The van der Waals surface area contributed by atoms with Crippen LogP contribution in [0.3, 0.4) is 0 Å². The zero-order chi connectivity index (χ0) is 14.5. The Balaban J connectivity index is 2.99. The van der Waals surface area contributed by atoms with Crippen LogP contribution in [0.2, 0.25) is 0 Å². The molecular formula is C14H18F3NO. The molecule has 0 bridgehead atoms. The Hall–Kier alpha value is -1.49. The van der Waals surface area contributed by atoms with E-state index in [1.54, 1.807) is 19.2 Å². The lowest BCUT2D eigenvalue weighted by atomic mass is 10.1. The van der Waals surface area contributed by atoms with E-state index in [-0.39, 0.29) is 12.4 Å². The van der Waals surface area contributed by atoms with Gasteiger partial charge in [-0.25, -0.2) is 0 Å². The lowest BCUT2D eigenvalue weighted by molar-refractivity contribution is -0.138. The highest BCUT2D eigenvalue weighted by Crippen LogP contribution is 2.36. The van der Waals surface area contributed by atoms with Gasteiger partial charge in [-0.05, 0) is 44.7 Å². The summed E-state index contributed by atoms with van der Waals surface area (Å²) in [5.41, 5.74) is 0.840. The molecule has 0 saturated heterocycles. The Bertz CT molecular complexity index is 448. The van der Waals surface area contributed by atoms with Gasteiger partial charge in [0.15, 0.2) is 0 Å². The molecule has 1 aromatic rings. The Morgan fingerprint density at radius 2 is 2.00 bits per heavy atom. The second-order valence-corrected chi connectivity index (χ2v) is 4.45. The molecule has 0 atom stereocenters. The molecule has 0 unspecified atom stereocenters. The largest absolute Gasteiger partial charge is 0.489 e. The van der Waals surface area contributed by atoms with Gasteiger partial charge in [0, 0.05) is 6.54 Å². The first-order valence-corrected chi connectivity index (χ1v) is 5.95. The summed E-state index contributed by atoms with van der Waals surface area (Å²) in [6.45, 7) is 4.25. The fraction of sp³-hybridized carbons (Fsp3) is 0.429. The number of nitrogens with one attached hydrogen (secondary N) is 1. The van der Waals surface area contributed by atoms with Gasteiger partial charge in [0.2, 0.25) is 0 Å². The van der Waals surface area contributed by atoms with Crippen LogP contribution in [0.25, 0.3) is 0 Å². The van der Waals surface area contributed by atoms with E-state index in [0.29, 0.717) is 12.1 Å². The second-order valence-electron chi connectivity index (χ2n) is 4.45. The highest BCUT2D eigenvalue weighted by Gasteiger charge is 2.34. The first-order chi connectivity index (χ1) is 8.84. The first-order valence-electron chi connectivity index (χ1n) is 5.95. The molecule has 19 heavy (non-hydrogen) atoms. The molecule has 106 valence electrons. The zero-order valence-electron chi connectivity index (χ0n) is 11.3. The average molecular weight is 273 g/mol. The van der Waals surface area contributed by atoms with Crippen LogP contribution in [0.4, 0.5) is 13.2 Å². The van der Waals surface area contributed by atoms with Gasteiger partial charge in [-0.2, -0.15) is 13.2 Å². The van der Waals surface area contributed by atoms with Crippen molar-refractivity contribution in [2.45, 2.75) is 26.6 Å². The summed E-state index contributed by atoms with van der Waals surface area (Å²) in [6, 6.07) is 4.12. The zero-order valence-corrected chi connectivity index (χ0v) is 11.3. The minimum absolute atomic E-state index is 0.134. The van der Waals surface area contributed by atoms with Crippen molar-refractivity contribution >= 4 is 0 Å². The molecule has 1 rings (SSSR count). The predicted molar refractivity (Wildman–Crippen MR) is 69.1 cm³/mol. The Kier molecular flexibility index (Phi) is 5.42. The molecule has 0 fully saturated rings. The maximum Gasteiger partial charge on any atom is 0.419 e. The molecule has 0 saturated carbocycles. The van der Waals surface area contributed by atoms with Gasteiger partial charge in [-0.15, -0.1) is 0 Å². The van der Waals surface area contributed by atoms with Gasteiger partial charge in [-0.1, -0.05) is 11.6 Å². The number of hydrogen-bond donors (Lipinski definition) is 1. The van der Waals surface area contributed by atoms with Crippen molar-refractivity contribution in [1.82, 2.24) is 5.32 Å². The summed E-state index contributed by atoms with van der Waals surface area (Å²) >= 11 is 0. The molecule has 0 aliphatic carbocycles. The van der Waals surface area contributed by atoms with Crippen molar-refractivity contribution in [1.29, 1.82) is 0 Å². The molecule has 0 aliphatic heterocycles. The molecule has 1 N–H and O–H groups in total. The van der Waals surface area contributed by atoms with Gasteiger partial charge in [-0.3, -0.25) is 0 Å². The third-order valence-corrected chi connectivity index (χ3v) is 2.46. The van der Waals surface area contributed by atoms with Gasteiger partial charge in [0.1, 0.15) is 12.4 Å². The van der Waals surface area contributed by atoms with Crippen molar-refractivity contribution in [2.24, 2.45) is 0 Å². The van der Waals surface area contributed by atoms with Crippen LogP contribution in [0.5, 0.6) is 5.75 Å². The fourth-order valence-electron chi connectivity index (χ4n) is 1.54. The van der Waals surface area contributed by atoms with Crippen molar-refractivity contribution in [3.63, 3.8) is 0 Å². The van der Waals surface area contributed by atoms with Gasteiger partial charge in [0.25, 0.3) is 0 Å². The lowest BCUT2D eigenvalue weighted by Crippen LogP contribution is -2.12. The van der Waals surface area contributed by atoms with Crippen molar-refractivity contribution in [2.75, 3.05) is 13.7 Å². The van der Waals surface area contributed by atoms with E-state index in [4.69, 9.17) is 4.74 Å². The van der Waals surface area contributed by atoms with E-state index in [1.807, 2.05) is 13.8 Å². The highest BCUT2D eigenvalue weighted by molar-refractivity contribution is 5.39. The fourth-order valence-corrected chi connectivity index (χ4v) is 1.54. The minimum atomic E-state index is -4.41. The van der Waals surface area contributed by atoms with Crippen LogP contribution >= 0.6 is 0 Å². The quantitative estimate of drug-likeness (QED) is 0.825. The maximum atomic E-state index is 12.9. The van der Waals surface area contributed by atoms with Crippen LogP contribution in [0.1, 0.15) is 25.0 Å². The van der Waals surface area contributed by atoms with E-state index in [9.17, 15) is 13.2 Å². The number of hydrogen-bond acceptors (Lipinski definition) is 2. The van der Waals surface area contributed by atoms with E-state index in [2.05, 4.69) is 5.32 Å². The molecule has 0 amide bonds. The summed E-state index contributed by atoms with van der Waals surface area (Å²) in [5, 5.41) is 2.82. The molecule has 0 spiro atoms. The molecule has 1 aromatic carbocycles. The number of halogens is 3. The Morgan fingerprint density at radius 1 is 1.32 bits per heavy atom. The Labute approximate surface area is 111 Å². The number of alkyl halides is 3. The van der Waals surface area contributed by atoms with E-state index in [0.717, 1.165) is 11.6 Å². The van der Waals surface area contributed by atoms with Crippen molar-refractivity contribution < 1.29 is 17.9 Å². The molecule has 0 radical (unpaired) electrons. The number of ether oxygens (including phenoxy) is 1. The smallest absolute Gasteiger partial charge is 0.419 e. The number of benzene rings is 1. The lowest BCUT2D eigenvalue weighted by Gasteiger charge is -2.14. The summed E-state index contributed by atoms with van der Waals surface area (Å²) in [4.78, 5) is 0. The monoisotopic (exact) mass is 273 g/mol. The normalized spacial score (nSPS) is 11.3. The topological polar surface area (TPSA) is 21.3 Å². The second kappa shape index (κ2) is 6.61. The SMILES string of the molecule is CNCc1ccc(OCC=C(C)C)c(C(F)(F)F)c1. The van der Waals surface area contributed by atoms with Crippen LogP contribution in [0, 0.1) is 0 Å². The average Bonchev–Trinajstić information content (AvgIpc) is 2.29. The summed E-state index contributed by atoms with van der Waals surface area (Å²) in [6.07, 6.45) is -2.67. The van der Waals surface area contributed by atoms with E-state index in [1.165, 1.54) is 6.07 Å². The van der Waals surface area contributed by atoms with Crippen LogP contribution in [-0.2, 0) is 12.7 Å².